The van der Waals surface area contributed by atoms with Crippen LogP contribution in [0.4, 0.5) is 11.6 Å². The smallest absolute Gasteiger partial charge is 0.270 e. The van der Waals surface area contributed by atoms with E-state index in [0.29, 0.717) is 22.6 Å². The largest absolute Gasteiger partial charge is 0.493 e. The Morgan fingerprint density at radius 2 is 1.89 bits per heavy atom. The van der Waals surface area contributed by atoms with Crippen molar-refractivity contribution in [3.63, 3.8) is 0 Å². The van der Waals surface area contributed by atoms with E-state index in [2.05, 4.69) is 20.5 Å². The molecule has 0 spiro atoms. The fourth-order valence-corrected chi connectivity index (χ4v) is 3.36. The lowest BCUT2D eigenvalue weighted by molar-refractivity contribution is -0.384. The Morgan fingerprint density at radius 1 is 1.14 bits per heavy atom. The molecule has 1 heterocycles. The van der Waals surface area contributed by atoms with Gasteiger partial charge in [-0.3, -0.25) is 19.9 Å². The number of H-pyrrole nitrogens is 1. The molecule has 0 fully saturated rings. The van der Waals surface area contributed by atoms with Gasteiger partial charge < -0.3 is 9.47 Å². The molecule has 3 aromatic carbocycles. The van der Waals surface area contributed by atoms with Gasteiger partial charge in [-0.05, 0) is 41.5 Å². The van der Waals surface area contributed by atoms with Crippen LogP contribution < -0.4 is 20.5 Å². The monoisotopic (exact) mass is 496 g/mol. The Balaban J connectivity index is 1.46. The molecule has 11 nitrogen and oxygen atoms in total. The highest BCUT2D eigenvalue weighted by molar-refractivity contribution is 5.81. The topological polar surface area (TPSA) is 156 Å². The van der Waals surface area contributed by atoms with E-state index in [4.69, 9.17) is 9.47 Å². The van der Waals surface area contributed by atoms with Crippen molar-refractivity contribution in [1.82, 2.24) is 9.97 Å². The lowest BCUT2D eigenvalue weighted by Gasteiger charge is -2.11. The van der Waals surface area contributed by atoms with Crippen molar-refractivity contribution < 1.29 is 14.4 Å². The quantitative estimate of drug-likeness (QED) is 0.198. The standard InChI is InChI=1S/C26H20N6O5/c1-36-23-13-18(9-12-22(23)37-16-17-7-10-20(11-8-17)32(34)35)15-28-31-26-29-24(19-5-3-2-4-6-19)21(14-27)25(33)30-26/h2-13,15H,16H2,1H3,(H2,29,30,31,33). The number of anilines is 1. The minimum absolute atomic E-state index is 0.00940. The molecule has 0 aliphatic heterocycles. The second-order valence-electron chi connectivity index (χ2n) is 7.61. The number of hydrogen-bond acceptors (Lipinski definition) is 9. The number of nitrogens with one attached hydrogen (secondary N) is 2. The van der Waals surface area contributed by atoms with Gasteiger partial charge >= 0.3 is 0 Å². The second-order valence-corrected chi connectivity index (χ2v) is 7.61. The Morgan fingerprint density at radius 3 is 2.57 bits per heavy atom. The zero-order chi connectivity index (χ0) is 26.2. The number of ether oxygens (including phenoxy) is 2. The fraction of sp³-hybridized carbons (Fsp3) is 0.0769. The first-order valence-corrected chi connectivity index (χ1v) is 10.9. The van der Waals surface area contributed by atoms with Crippen LogP contribution in [0.2, 0.25) is 0 Å². The van der Waals surface area contributed by atoms with Crippen molar-refractivity contribution in [3.8, 4) is 28.8 Å². The highest BCUT2D eigenvalue weighted by atomic mass is 16.6. The van der Waals surface area contributed by atoms with Crippen LogP contribution in [-0.2, 0) is 6.61 Å². The van der Waals surface area contributed by atoms with Gasteiger partial charge in [-0.25, -0.2) is 10.4 Å². The predicted molar refractivity (Wildman–Crippen MR) is 137 cm³/mol. The molecule has 0 aliphatic rings. The van der Waals surface area contributed by atoms with Crippen molar-refractivity contribution in [2.75, 3.05) is 12.5 Å². The number of nitro benzene ring substituents is 1. The molecule has 11 heteroatoms. The number of hydrazone groups is 1. The van der Waals surface area contributed by atoms with Crippen LogP contribution in [-0.4, -0.2) is 28.2 Å². The molecule has 4 rings (SSSR count). The van der Waals surface area contributed by atoms with E-state index in [1.165, 1.54) is 25.5 Å². The molecule has 0 saturated carbocycles. The van der Waals surface area contributed by atoms with E-state index in [9.17, 15) is 20.2 Å². The number of benzene rings is 3. The highest BCUT2D eigenvalue weighted by Crippen LogP contribution is 2.28. The van der Waals surface area contributed by atoms with Crippen molar-refractivity contribution >= 4 is 17.9 Å². The van der Waals surface area contributed by atoms with Crippen molar-refractivity contribution in [2.24, 2.45) is 5.10 Å². The van der Waals surface area contributed by atoms with Gasteiger partial charge in [-0.15, -0.1) is 0 Å². The molecular formula is C26H20N6O5. The Hall–Kier alpha value is -5.50. The minimum Gasteiger partial charge on any atom is -0.493 e. The van der Waals surface area contributed by atoms with Crippen molar-refractivity contribution in [3.05, 3.63) is 110 Å². The third-order valence-electron chi connectivity index (χ3n) is 5.19. The summed E-state index contributed by atoms with van der Waals surface area (Å²) in [7, 11) is 1.50. The normalized spacial score (nSPS) is 10.6. The highest BCUT2D eigenvalue weighted by Gasteiger charge is 2.13. The molecule has 0 aliphatic carbocycles. The molecule has 0 bridgehead atoms. The summed E-state index contributed by atoms with van der Waals surface area (Å²) in [5, 5.41) is 24.3. The second kappa shape index (κ2) is 11.3. The van der Waals surface area contributed by atoms with Crippen LogP contribution in [0.25, 0.3) is 11.3 Å². The number of aromatic amines is 1. The summed E-state index contributed by atoms with van der Waals surface area (Å²) in [6, 6.07) is 22.1. The van der Waals surface area contributed by atoms with Gasteiger partial charge in [-0.2, -0.15) is 10.4 Å². The van der Waals surface area contributed by atoms with Gasteiger partial charge in [-0.1, -0.05) is 30.3 Å². The summed E-state index contributed by atoms with van der Waals surface area (Å²) in [6.07, 6.45) is 1.50. The van der Waals surface area contributed by atoms with Crippen LogP contribution in [0.5, 0.6) is 11.5 Å². The van der Waals surface area contributed by atoms with Crippen LogP contribution in [0.3, 0.4) is 0 Å². The Labute approximate surface area is 210 Å². The number of nitrogens with zero attached hydrogens (tertiary/aromatic N) is 4. The molecule has 4 aromatic rings. The van der Waals surface area contributed by atoms with E-state index in [1.54, 1.807) is 54.6 Å². The van der Waals surface area contributed by atoms with Gasteiger partial charge in [0.05, 0.1) is 23.9 Å². The number of nitro groups is 1. The predicted octanol–water partition coefficient (Wildman–Crippen LogP) is 4.25. The number of non-ortho nitro benzene ring substituents is 1. The summed E-state index contributed by atoms with van der Waals surface area (Å²) in [5.74, 6) is 1.02. The number of rotatable bonds is 9. The molecule has 37 heavy (non-hydrogen) atoms. The molecular weight excluding hydrogens is 476 g/mol. The molecule has 2 N–H and O–H groups in total. The lowest BCUT2D eigenvalue weighted by atomic mass is 10.1. The number of aromatic nitrogens is 2. The summed E-state index contributed by atoms with van der Waals surface area (Å²) in [5.41, 5.74) is 4.34. The van der Waals surface area contributed by atoms with Gasteiger partial charge in [0.2, 0.25) is 5.95 Å². The molecule has 0 amide bonds. The van der Waals surface area contributed by atoms with Gasteiger partial charge in [0.1, 0.15) is 18.2 Å². The fourth-order valence-electron chi connectivity index (χ4n) is 3.36. The van der Waals surface area contributed by atoms with Gasteiger partial charge in [0.25, 0.3) is 11.2 Å². The molecule has 184 valence electrons. The SMILES string of the molecule is COc1cc(C=NNc2nc(-c3ccccc3)c(C#N)c(=O)[nH]2)ccc1OCc1ccc([N+](=O)[O-])cc1. The third kappa shape index (κ3) is 5.95. The first-order valence-electron chi connectivity index (χ1n) is 10.9. The van der Waals surface area contributed by atoms with E-state index >= 15 is 0 Å². The Bertz CT molecular complexity index is 1540. The molecule has 0 atom stereocenters. The first-order chi connectivity index (χ1) is 18.0. The average molecular weight is 496 g/mol. The molecule has 0 radical (unpaired) electrons. The number of nitriles is 1. The maximum Gasteiger partial charge on any atom is 0.270 e. The zero-order valence-corrected chi connectivity index (χ0v) is 19.5. The lowest BCUT2D eigenvalue weighted by Crippen LogP contribution is -2.16. The zero-order valence-electron chi connectivity index (χ0n) is 19.5. The summed E-state index contributed by atoms with van der Waals surface area (Å²) in [4.78, 5) is 29.5. The van der Waals surface area contributed by atoms with Gasteiger partial charge in [0, 0.05) is 17.7 Å². The van der Waals surface area contributed by atoms with E-state index < -0.39 is 10.5 Å². The summed E-state index contributed by atoms with van der Waals surface area (Å²) < 4.78 is 11.2. The molecule has 0 saturated heterocycles. The summed E-state index contributed by atoms with van der Waals surface area (Å²) in [6.45, 7) is 0.199. The number of methoxy groups -OCH3 is 1. The summed E-state index contributed by atoms with van der Waals surface area (Å²) >= 11 is 0. The van der Waals surface area contributed by atoms with Crippen LogP contribution in [0, 0.1) is 21.4 Å². The third-order valence-corrected chi connectivity index (χ3v) is 5.19. The molecule has 0 unspecified atom stereocenters. The molecule has 1 aromatic heterocycles. The van der Waals surface area contributed by atoms with E-state index in [1.807, 2.05) is 12.1 Å². The van der Waals surface area contributed by atoms with Crippen molar-refractivity contribution in [1.29, 1.82) is 5.26 Å². The van der Waals surface area contributed by atoms with Gasteiger partial charge in [0.15, 0.2) is 11.5 Å². The van der Waals surface area contributed by atoms with Crippen LogP contribution in [0.1, 0.15) is 16.7 Å². The first kappa shape index (κ1) is 24.6. The van der Waals surface area contributed by atoms with Crippen LogP contribution >= 0.6 is 0 Å². The number of hydrogen-bond donors (Lipinski definition) is 2. The maximum atomic E-state index is 12.4. The maximum absolute atomic E-state index is 12.4. The van der Waals surface area contributed by atoms with E-state index in [0.717, 1.165) is 5.56 Å². The Kier molecular flexibility index (Phi) is 7.51. The minimum atomic E-state index is -0.578. The van der Waals surface area contributed by atoms with Crippen LogP contribution in [0.15, 0.2) is 82.7 Å². The van der Waals surface area contributed by atoms with Crippen molar-refractivity contribution in [2.45, 2.75) is 6.61 Å². The average Bonchev–Trinajstić information content (AvgIpc) is 2.92. The van der Waals surface area contributed by atoms with E-state index in [-0.39, 0.29) is 29.5 Å².